The van der Waals surface area contributed by atoms with Gasteiger partial charge in [0.25, 0.3) is 0 Å². The van der Waals surface area contributed by atoms with E-state index in [9.17, 15) is 4.79 Å². The molecule has 0 aliphatic carbocycles. The average molecular weight is 339 g/mol. The third kappa shape index (κ3) is 6.95. The summed E-state index contributed by atoms with van der Waals surface area (Å²) in [6, 6.07) is 7.49. The average Bonchev–Trinajstić information content (AvgIpc) is 2.34. The first-order chi connectivity index (χ1) is 10.00. The van der Waals surface area contributed by atoms with Gasteiger partial charge in [0, 0.05) is 0 Å². The summed E-state index contributed by atoms with van der Waals surface area (Å²) in [7, 11) is -2.28. The van der Waals surface area contributed by atoms with E-state index in [1.165, 1.54) is 0 Å². The van der Waals surface area contributed by atoms with Gasteiger partial charge in [0.1, 0.15) is 5.75 Å². The molecule has 0 bridgehead atoms. The molecule has 0 atom stereocenters. The summed E-state index contributed by atoms with van der Waals surface area (Å²) in [6.45, 7) is 12.0. The van der Waals surface area contributed by atoms with Gasteiger partial charge >= 0.3 is 5.97 Å². The molecular formula is C16H26O4Si2. The summed E-state index contributed by atoms with van der Waals surface area (Å²) >= 11 is 0. The fourth-order valence-electron chi connectivity index (χ4n) is 1.67. The maximum Gasteiger partial charge on any atom is 0.358 e. The van der Waals surface area contributed by atoms with Gasteiger partial charge in [-0.2, -0.15) is 0 Å². The quantitative estimate of drug-likeness (QED) is 0.441. The largest absolute Gasteiger partial charge is 0.539 e. The van der Waals surface area contributed by atoms with Crippen molar-refractivity contribution in [2.45, 2.75) is 39.3 Å². The Kier molecular flexibility index (Phi) is 6.02. The van der Waals surface area contributed by atoms with E-state index in [0.717, 1.165) is 11.3 Å². The van der Waals surface area contributed by atoms with Crippen LogP contribution in [0, 0.1) is 0 Å². The molecule has 0 heterocycles. The molecule has 0 aliphatic rings. The van der Waals surface area contributed by atoms with Gasteiger partial charge in [-0.05, 0) is 63.1 Å². The number of carbonyl (C=O) groups is 1. The first-order valence-electron chi connectivity index (χ1n) is 7.28. The topological polar surface area (TPSA) is 44.8 Å². The maximum atomic E-state index is 12.4. The molecule has 0 aromatic heterocycles. The van der Waals surface area contributed by atoms with Crippen LogP contribution in [-0.2, 0) is 13.6 Å². The summed E-state index contributed by atoms with van der Waals surface area (Å²) in [6.07, 6.45) is 1.73. The van der Waals surface area contributed by atoms with Gasteiger partial charge in [-0.25, -0.2) is 4.79 Å². The lowest BCUT2D eigenvalue weighted by molar-refractivity contribution is -0.133. The van der Waals surface area contributed by atoms with Crippen LogP contribution in [-0.4, -0.2) is 29.7 Å². The number of methoxy groups -OCH3 is 1. The molecule has 1 rings (SSSR count). The monoisotopic (exact) mass is 338 g/mol. The number of ether oxygens (including phenoxy) is 1. The molecule has 122 valence electrons. The molecule has 0 aliphatic heterocycles. The van der Waals surface area contributed by atoms with Gasteiger partial charge in [-0.1, -0.05) is 12.1 Å². The Balaban J connectivity index is 3.13. The Morgan fingerprint density at radius 2 is 1.59 bits per heavy atom. The highest BCUT2D eigenvalue weighted by molar-refractivity contribution is 6.72. The van der Waals surface area contributed by atoms with Crippen molar-refractivity contribution in [3.8, 4) is 5.75 Å². The molecule has 6 heteroatoms. The lowest BCUT2D eigenvalue weighted by Gasteiger charge is -2.24. The van der Waals surface area contributed by atoms with Crippen LogP contribution in [0.1, 0.15) is 5.56 Å². The smallest absolute Gasteiger partial charge is 0.358 e. The predicted molar refractivity (Wildman–Crippen MR) is 94.8 cm³/mol. The Labute approximate surface area is 135 Å². The first-order valence-corrected chi connectivity index (χ1v) is 14.1. The van der Waals surface area contributed by atoms with E-state index < -0.39 is 16.6 Å². The van der Waals surface area contributed by atoms with E-state index in [0.29, 0.717) is 0 Å². The molecule has 22 heavy (non-hydrogen) atoms. The number of hydrogen-bond acceptors (Lipinski definition) is 4. The van der Waals surface area contributed by atoms with Gasteiger partial charge in [0.15, 0.2) is 5.76 Å². The Morgan fingerprint density at radius 3 is 2.09 bits per heavy atom. The van der Waals surface area contributed by atoms with Crippen molar-refractivity contribution in [1.29, 1.82) is 0 Å². The van der Waals surface area contributed by atoms with Crippen LogP contribution in [0.15, 0.2) is 30.0 Å². The van der Waals surface area contributed by atoms with Crippen LogP contribution in [0.5, 0.6) is 5.75 Å². The van der Waals surface area contributed by atoms with E-state index in [4.69, 9.17) is 13.6 Å². The van der Waals surface area contributed by atoms with Crippen molar-refractivity contribution in [3.63, 3.8) is 0 Å². The molecule has 1 aromatic rings. The molecule has 0 saturated heterocycles. The van der Waals surface area contributed by atoms with Gasteiger partial charge in [-0.15, -0.1) is 0 Å². The number of benzene rings is 1. The zero-order chi connectivity index (χ0) is 17.0. The zero-order valence-corrected chi connectivity index (χ0v) is 16.5. The van der Waals surface area contributed by atoms with Gasteiger partial charge in [0.2, 0.25) is 16.6 Å². The van der Waals surface area contributed by atoms with Crippen molar-refractivity contribution in [1.82, 2.24) is 0 Å². The minimum absolute atomic E-state index is 0.273. The Morgan fingerprint density at radius 1 is 1.00 bits per heavy atom. The van der Waals surface area contributed by atoms with Crippen LogP contribution in [0.2, 0.25) is 39.3 Å². The minimum atomic E-state index is -1.97. The SMILES string of the molecule is COc1cccc(/C=C(/O[Si](C)(C)C)C(=O)O[Si](C)(C)C)c1. The number of carbonyl (C=O) groups excluding carboxylic acids is 1. The molecule has 4 nitrogen and oxygen atoms in total. The third-order valence-electron chi connectivity index (χ3n) is 2.41. The molecule has 0 amide bonds. The van der Waals surface area contributed by atoms with Crippen molar-refractivity contribution in [2.24, 2.45) is 0 Å². The lowest BCUT2D eigenvalue weighted by Crippen LogP contribution is -2.33. The van der Waals surface area contributed by atoms with Gasteiger partial charge in [0.05, 0.1) is 7.11 Å². The van der Waals surface area contributed by atoms with E-state index in [2.05, 4.69) is 0 Å². The van der Waals surface area contributed by atoms with Crippen molar-refractivity contribution < 1.29 is 18.4 Å². The fourth-order valence-corrected chi connectivity index (χ4v) is 3.13. The summed E-state index contributed by atoms with van der Waals surface area (Å²) in [4.78, 5) is 12.4. The summed E-state index contributed by atoms with van der Waals surface area (Å²) in [5.41, 5.74) is 0.847. The highest BCUT2D eigenvalue weighted by Crippen LogP contribution is 2.20. The second-order valence-corrected chi connectivity index (χ2v) is 15.9. The summed E-state index contributed by atoms with van der Waals surface area (Å²) in [5.74, 6) is 0.624. The van der Waals surface area contributed by atoms with E-state index in [1.807, 2.05) is 63.5 Å². The Bertz CT molecular complexity index is 554. The molecule has 0 radical (unpaired) electrons. The second kappa shape index (κ2) is 7.15. The molecule has 1 aromatic carbocycles. The van der Waals surface area contributed by atoms with Crippen molar-refractivity contribution in [3.05, 3.63) is 35.6 Å². The van der Waals surface area contributed by atoms with Crippen LogP contribution in [0.3, 0.4) is 0 Å². The van der Waals surface area contributed by atoms with E-state index in [-0.39, 0.29) is 11.7 Å². The van der Waals surface area contributed by atoms with E-state index in [1.54, 1.807) is 13.2 Å². The van der Waals surface area contributed by atoms with Crippen LogP contribution in [0.25, 0.3) is 6.08 Å². The molecular weight excluding hydrogens is 312 g/mol. The highest BCUT2D eigenvalue weighted by Gasteiger charge is 2.27. The molecule has 0 N–H and O–H groups in total. The predicted octanol–water partition coefficient (Wildman–Crippen LogP) is 4.27. The lowest BCUT2D eigenvalue weighted by atomic mass is 10.2. The van der Waals surface area contributed by atoms with Gasteiger partial charge < -0.3 is 13.6 Å². The molecule has 0 saturated carbocycles. The number of rotatable bonds is 6. The van der Waals surface area contributed by atoms with Crippen molar-refractivity contribution in [2.75, 3.05) is 7.11 Å². The third-order valence-corrected chi connectivity index (χ3v) is 4.04. The normalized spacial score (nSPS) is 12.8. The standard InChI is InChI=1S/C16H26O4Si2/c1-18-14-10-8-9-13(11-14)12-15(19-21(2,3)4)16(17)20-22(5,6)7/h8-12H,1-7H3/b15-12+. The fraction of sp³-hybridized carbons (Fsp3) is 0.438. The molecule has 0 spiro atoms. The minimum Gasteiger partial charge on any atom is -0.539 e. The second-order valence-electron chi connectivity index (χ2n) is 7.00. The molecule has 0 unspecified atom stereocenters. The zero-order valence-electron chi connectivity index (χ0n) is 14.5. The van der Waals surface area contributed by atoms with Crippen LogP contribution in [0.4, 0.5) is 0 Å². The molecule has 0 fully saturated rings. The van der Waals surface area contributed by atoms with Crippen LogP contribution < -0.4 is 4.74 Å². The highest BCUT2D eigenvalue weighted by atomic mass is 28.4. The summed E-state index contributed by atoms with van der Waals surface area (Å²) < 4.78 is 16.7. The van der Waals surface area contributed by atoms with Crippen molar-refractivity contribution >= 4 is 28.7 Å². The first kappa shape index (κ1) is 18.5. The summed E-state index contributed by atoms with van der Waals surface area (Å²) in [5, 5.41) is 0. The van der Waals surface area contributed by atoms with E-state index >= 15 is 0 Å². The van der Waals surface area contributed by atoms with Gasteiger partial charge in [-0.3, -0.25) is 0 Å². The van der Waals surface area contributed by atoms with Crippen LogP contribution >= 0.6 is 0 Å². The number of hydrogen-bond donors (Lipinski definition) is 0. The Hall–Kier alpha value is -1.54. The maximum absolute atomic E-state index is 12.4.